The Morgan fingerprint density at radius 2 is 2.39 bits per heavy atom. The number of hydrogen-bond donors (Lipinski definition) is 0. The minimum atomic E-state index is -0.0131. The van der Waals surface area contributed by atoms with Gasteiger partial charge in [0.25, 0.3) is 0 Å². The number of aromatic nitrogens is 2. The number of nitrogens with zero attached hydrogens (tertiary/aromatic N) is 3. The van der Waals surface area contributed by atoms with E-state index in [2.05, 4.69) is 21.8 Å². The molecular formula is C17H21N3O2S. The van der Waals surface area contributed by atoms with Gasteiger partial charge in [-0.15, -0.1) is 11.3 Å². The van der Waals surface area contributed by atoms with Crippen molar-refractivity contribution < 1.29 is 9.47 Å². The van der Waals surface area contributed by atoms with Crippen LogP contribution >= 0.6 is 11.3 Å². The number of likely N-dealkylation sites (tertiary alicyclic amines) is 1. The van der Waals surface area contributed by atoms with Gasteiger partial charge in [-0.25, -0.2) is 4.98 Å². The van der Waals surface area contributed by atoms with Gasteiger partial charge in [-0.3, -0.25) is 9.88 Å². The highest BCUT2D eigenvalue weighted by Crippen LogP contribution is 2.41. The molecule has 4 heterocycles. The van der Waals surface area contributed by atoms with Gasteiger partial charge in [-0.05, 0) is 25.5 Å². The van der Waals surface area contributed by atoms with Crippen LogP contribution in [0.4, 0.5) is 0 Å². The fourth-order valence-corrected chi connectivity index (χ4v) is 4.32. The van der Waals surface area contributed by atoms with Crippen molar-refractivity contribution in [2.45, 2.75) is 25.5 Å². The summed E-state index contributed by atoms with van der Waals surface area (Å²) in [6.07, 6.45) is 4.61. The van der Waals surface area contributed by atoms with Crippen molar-refractivity contribution in [1.82, 2.24) is 14.9 Å². The normalized spacial score (nSPS) is 23.1. The van der Waals surface area contributed by atoms with E-state index in [-0.39, 0.29) is 5.60 Å². The quantitative estimate of drug-likeness (QED) is 0.842. The SMILES string of the molecule is Cc1ncsc1CN1CC2(C1)OCCC2COc1cccnc1. The second-order valence-electron chi connectivity index (χ2n) is 6.40. The first-order valence-corrected chi connectivity index (χ1v) is 8.91. The van der Waals surface area contributed by atoms with Gasteiger partial charge in [0.1, 0.15) is 5.75 Å². The van der Waals surface area contributed by atoms with Crippen LogP contribution in [0.2, 0.25) is 0 Å². The standard InChI is InChI=1S/C17H21N3O2S/c1-13-16(23-12-19-13)8-20-10-17(11-20)14(4-6-22-17)9-21-15-3-2-5-18-7-15/h2-3,5,7,12,14H,4,6,8-11H2,1H3. The van der Waals surface area contributed by atoms with Crippen molar-refractivity contribution in [3.05, 3.63) is 40.6 Å². The summed E-state index contributed by atoms with van der Waals surface area (Å²) in [7, 11) is 0. The van der Waals surface area contributed by atoms with Gasteiger partial charge in [-0.2, -0.15) is 0 Å². The third kappa shape index (κ3) is 2.98. The van der Waals surface area contributed by atoms with Crippen LogP contribution in [-0.4, -0.2) is 46.8 Å². The predicted octanol–water partition coefficient (Wildman–Crippen LogP) is 2.52. The molecule has 122 valence electrons. The maximum atomic E-state index is 6.11. The van der Waals surface area contributed by atoms with E-state index in [4.69, 9.17) is 9.47 Å². The second kappa shape index (κ2) is 6.19. The van der Waals surface area contributed by atoms with E-state index in [1.165, 1.54) is 4.88 Å². The van der Waals surface area contributed by atoms with Crippen molar-refractivity contribution in [2.24, 2.45) is 5.92 Å². The van der Waals surface area contributed by atoms with Crippen LogP contribution in [0.15, 0.2) is 30.0 Å². The maximum absolute atomic E-state index is 6.11. The predicted molar refractivity (Wildman–Crippen MR) is 88.7 cm³/mol. The zero-order valence-corrected chi connectivity index (χ0v) is 14.1. The Hall–Kier alpha value is -1.50. The fraction of sp³-hybridized carbons (Fsp3) is 0.529. The molecule has 0 saturated carbocycles. The summed E-state index contributed by atoms with van der Waals surface area (Å²) in [5, 5.41) is 0. The van der Waals surface area contributed by atoms with Gasteiger partial charge in [-0.1, -0.05) is 0 Å². The molecule has 0 bridgehead atoms. The fourth-order valence-electron chi connectivity index (χ4n) is 3.50. The molecule has 5 nitrogen and oxygen atoms in total. The van der Waals surface area contributed by atoms with Crippen molar-refractivity contribution in [1.29, 1.82) is 0 Å². The minimum Gasteiger partial charge on any atom is -0.492 e. The van der Waals surface area contributed by atoms with Gasteiger partial charge in [0.15, 0.2) is 0 Å². The van der Waals surface area contributed by atoms with Crippen LogP contribution in [0.3, 0.4) is 0 Å². The summed E-state index contributed by atoms with van der Waals surface area (Å²) in [4.78, 5) is 12.2. The molecule has 23 heavy (non-hydrogen) atoms. The van der Waals surface area contributed by atoms with E-state index in [1.54, 1.807) is 23.7 Å². The number of rotatable bonds is 5. The Balaban J connectivity index is 1.33. The molecule has 2 aromatic rings. The Kier molecular flexibility index (Phi) is 4.05. The lowest BCUT2D eigenvalue weighted by Crippen LogP contribution is -2.64. The lowest BCUT2D eigenvalue weighted by molar-refractivity contribution is -0.140. The van der Waals surface area contributed by atoms with Crippen LogP contribution in [0.25, 0.3) is 0 Å². The topological polar surface area (TPSA) is 47.5 Å². The van der Waals surface area contributed by atoms with E-state index in [0.29, 0.717) is 12.5 Å². The average molecular weight is 331 g/mol. The molecule has 1 spiro atoms. The van der Waals surface area contributed by atoms with Crippen molar-refractivity contribution in [3.63, 3.8) is 0 Å². The molecule has 2 fully saturated rings. The van der Waals surface area contributed by atoms with E-state index >= 15 is 0 Å². The van der Waals surface area contributed by atoms with Crippen LogP contribution < -0.4 is 4.74 Å². The van der Waals surface area contributed by atoms with Gasteiger partial charge in [0, 0.05) is 43.2 Å². The molecule has 0 aromatic carbocycles. The van der Waals surface area contributed by atoms with E-state index in [1.807, 2.05) is 17.6 Å². The highest BCUT2D eigenvalue weighted by Gasteiger charge is 2.53. The van der Waals surface area contributed by atoms with E-state index in [0.717, 1.165) is 44.1 Å². The summed E-state index contributed by atoms with van der Waals surface area (Å²) in [5.41, 5.74) is 3.07. The molecule has 0 amide bonds. The number of ether oxygens (including phenoxy) is 2. The molecule has 2 aromatic heterocycles. The molecule has 0 N–H and O–H groups in total. The molecule has 0 aliphatic carbocycles. The summed E-state index contributed by atoms with van der Waals surface area (Å²) in [6.45, 7) is 6.60. The Morgan fingerprint density at radius 1 is 1.48 bits per heavy atom. The van der Waals surface area contributed by atoms with Crippen LogP contribution in [0, 0.1) is 12.8 Å². The summed E-state index contributed by atoms with van der Waals surface area (Å²) < 4.78 is 12.0. The molecule has 4 rings (SSSR count). The smallest absolute Gasteiger partial charge is 0.137 e. The highest BCUT2D eigenvalue weighted by atomic mass is 32.1. The average Bonchev–Trinajstić information content (AvgIpc) is 3.13. The second-order valence-corrected chi connectivity index (χ2v) is 7.34. The molecule has 2 aliphatic rings. The number of aryl methyl sites for hydroxylation is 1. The Labute approximate surface area is 140 Å². The number of thiazole rings is 1. The molecule has 1 unspecified atom stereocenters. The lowest BCUT2D eigenvalue weighted by atomic mass is 9.81. The van der Waals surface area contributed by atoms with Crippen LogP contribution in [0.1, 0.15) is 17.0 Å². The third-order valence-electron chi connectivity index (χ3n) is 4.88. The van der Waals surface area contributed by atoms with Gasteiger partial charge in [0.2, 0.25) is 0 Å². The van der Waals surface area contributed by atoms with Gasteiger partial charge >= 0.3 is 0 Å². The van der Waals surface area contributed by atoms with Crippen molar-refractivity contribution >= 4 is 11.3 Å². The minimum absolute atomic E-state index is 0.0131. The van der Waals surface area contributed by atoms with Gasteiger partial charge < -0.3 is 9.47 Å². The molecular weight excluding hydrogens is 310 g/mol. The Morgan fingerprint density at radius 3 is 3.13 bits per heavy atom. The van der Waals surface area contributed by atoms with Crippen molar-refractivity contribution in [3.8, 4) is 5.75 Å². The molecule has 2 aliphatic heterocycles. The lowest BCUT2D eigenvalue weighted by Gasteiger charge is -2.50. The zero-order chi connectivity index (χ0) is 15.7. The zero-order valence-electron chi connectivity index (χ0n) is 13.3. The molecule has 2 saturated heterocycles. The van der Waals surface area contributed by atoms with Crippen molar-refractivity contribution in [2.75, 3.05) is 26.3 Å². The first kappa shape index (κ1) is 15.1. The summed E-state index contributed by atoms with van der Waals surface area (Å²) in [6, 6.07) is 3.86. The van der Waals surface area contributed by atoms with E-state index < -0.39 is 0 Å². The van der Waals surface area contributed by atoms with E-state index in [9.17, 15) is 0 Å². The summed E-state index contributed by atoms with van der Waals surface area (Å²) >= 11 is 1.74. The largest absolute Gasteiger partial charge is 0.492 e. The maximum Gasteiger partial charge on any atom is 0.137 e. The van der Waals surface area contributed by atoms with Crippen LogP contribution in [0.5, 0.6) is 5.75 Å². The molecule has 1 atom stereocenters. The third-order valence-corrected chi connectivity index (χ3v) is 5.80. The van der Waals surface area contributed by atoms with Crippen LogP contribution in [-0.2, 0) is 11.3 Å². The molecule has 6 heteroatoms. The summed E-state index contributed by atoms with van der Waals surface area (Å²) in [5.74, 6) is 1.30. The first-order chi connectivity index (χ1) is 11.3. The highest BCUT2D eigenvalue weighted by molar-refractivity contribution is 7.09. The number of pyridine rings is 1. The first-order valence-electron chi connectivity index (χ1n) is 8.03. The number of hydrogen-bond acceptors (Lipinski definition) is 6. The monoisotopic (exact) mass is 331 g/mol. The van der Waals surface area contributed by atoms with Gasteiger partial charge in [0.05, 0.1) is 29.6 Å². The molecule has 0 radical (unpaired) electrons. The Bertz CT molecular complexity index is 655.